The first kappa shape index (κ1) is 15.8. The van der Waals surface area contributed by atoms with Gasteiger partial charge in [0, 0.05) is 24.6 Å². The van der Waals surface area contributed by atoms with Crippen molar-refractivity contribution in [1.29, 1.82) is 0 Å². The first-order valence-electron chi connectivity index (χ1n) is 5.44. The first-order chi connectivity index (χ1) is 8.59. The molecular weight excluding hydrogens is 278 g/mol. The van der Waals surface area contributed by atoms with Crippen LogP contribution in [0.4, 0.5) is 14.5 Å². The third kappa shape index (κ3) is 3.85. The number of halogens is 2. The van der Waals surface area contributed by atoms with E-state index in [9.17, 15) is 17.2 Å². The van der Waals surface area contributed by atoms with Crippen molar-refractivity contribution in [3.05, 3.63) is 23.8 Å². The number of benzene rings is 1. The summed E-state index contributed by atoms with van der Waals surface area (Å²) in [6.45, 7) is 2.92. The number of hydrogen-bond donors (Lipinski definition) is 3. The molecule has 0 bridgehead atoms. The Kier molecular flexibility index (Phi) is 4.49. The molecule has 1 aromatic carbocycles. The summed E-state index contributed by atoms with van der Waals surface area (Å²) in [4.78, 5) is -0.722. The van der Waals surface area contributed by atoms with Crippen LogP contribution in [0.15, 0.2) is 17.0 Å². The molecule has 19 heavy (non-hydrogen) atoms. The van der Waals surface area contributed by atoms with Crippen LogP contribution in [0.2, 0.25) is 0 Å². The molecule has 4 N–H and O–H groups in total. The minimum absolute atomic E-state index is 0.0947. The molecule has 0 atom stereocenters. The van der Waals surface area contributed by atoms with Gasteiger partial charge in [-0.3, -0.25) is 0 Å². The molecule has 0 amide bonds. The number of nitrogens with two attached hydrogens (primary N) is 1. The van der Waals surface area contributed by atoms with Crippen LogP contribution in [-0.2, 0) is 10.0 Å². The summed E-state index contributed by atoms with van der Waals surface area (Å²) in [6, 6.07) is 1.14. The van der Waals surface area contributed by atoms with Crippen molar-refractivity contribution in [3.8, 4) is 0 Å². The van der Waals surface area contributed by atoms with Gasteiger partial charge in [0.1, 0.15) is 16.5 Å². The number of rotatable bonds is 5. The zero-order chi connectivity index (χ0) is 14.8. The average molecular weight is 294 g/mol. The van der Waals surface area contributed by atoms with Crippen molar-refractivity contribution >= 4 is 15.7 Å². The van der Waals surface area contributed by atoms with Gasteiger partial charge >= 0.3 is 0 Å². The maximum absolute atomic E-state index is 13.5. The number of aliphatic hydroxyl groups excluding tert-OH is 1. The zero-order valence-corrected chi connectivity index (χ0v) is 11.4. The molecule has 0 aromatic heterocycles. The van der Waals surface area contributed by atoms with E-state index in [0.29, 0.717) is 6.07 Å². The molecule has 0 radical (unpaired) electrons. The highest BCUT2D eigenvalue weighted by atomic mass is 32.2. The monoisotopic (exact) mass is 294 g/mol. The number of nitrogens with one attached hydrogen (secondary N) is 1. The Morgan fingerprint density at radius 3 is 2.42 bits per heavy atom. The summed E-state index contributed by atoms with van der Waals surface area (Å²) in [6.07, 6.45) is 0. The highest BCUT2D eigenvalue weighted by Crippen LogP contribution is 2.21. The molecule has 0 unspecified atom stereocenters. The fraction of sp³-hybridized carbons (Fsp3) is 0.455. The second kappa shape index (κ2) is 5.40. The average Bonchev–Trinajstić information content (AvgIpc) is 2.31. The fourth-order valence-corrected chi connectivity index (χ4v) is 2.51. The molecule has 1 aromatic rings. The normalized spacial score (nSPS) is 12.7. The van der Waals surface area contributed by atoms with Crippen LogP contribution in [0, 0.1) is 17.0 Å². The molecule has 5 nitrogen and oxygen atoms in total. The summed E-state index contributed by atoms with van der Waals surface area (Å²) in [5.41, 5.74) is 4.07. The van der Waals surface area contributed by atoms with Gasteiger partial charge in [-0.1, -0.05) is 13.8 Å². The number of nitrogen functional groups attached to an aromatic ring is 1. The molecule has 0 heterocycles. The summed E-state index contributed by atoms with van der Waals surface area (Å²) in [5.74, 6) is -2.24. The fourth-order valence-electron chi connectivity index (χ4n) is 1.17. The molecule has 0 aliphatic carbocycles. The van der Waals surface area contributed by atoms with E-state index in [2.05, 4.69) is 4.72 Å². The molecule has 0 aliphatic heterocycles. The molecule has 0 aliphatic rings. The largest absolute Gasteiger partial charge is 0.396 e. The van der Waals surface area contributed by atoms with Crippen LogP contribution < -0.4 is 10.5 Å². The summed E-state index contributed by atoms with van der Waals surface area (Å²) < 4.78 is 52.3. The van der Waals surface area contributed by atoms with E-state index in [1.807, 2.05) is 0 Å². The van der Waals surface area contributed by atoms with Gasteiger partial charge in [0.15, 0.2) is 0 Å². The lowest BCUT2D eigenvalue weighted by Gasteiger charge is -2.21. The van der Waals surface area contributed by atoms with Crippen LogP contribution in [0.5, 0.6) is 0 Å². The SMILES string of the molecule is CC(C)(CO)CNS(=O)(=O)c1cc(N)c(F)cc1F. The van der Waals surface area contributed by atoms with Gasteiger partial charge in [-0.25, -0.2) is 21.9 Å². The van der Waals surface area contributed by atoms with Crippen molar-refractivity contribution in [3.63, 3.8) is 0 Å². The lowest BCUT2D eigenvalue weighted by atomic mass is 9.96. The highest BCUT2D eigenvalue weighted by molar-refractivity contribution is 7.89. The van der Waals surface area contributed by atoms with E-state index >= 15 is 0 Å². The summed E-state index contributed by atoms with van der Waals surface area (Å²) >= 11 is 0. The Labute approximate surface area is 110 Å². The molecule has 108 valence electrons. The molecule has 0 saturated heterocycles. The molecular formula is C11H16F2N2O3S. The van der Waals surface area contributed by atoms with E-state index in [-0.39, 0.29) is 13.2 Å². The topological polar surface area (TPSA) is 92.4 Å². The van der Waals surface area contributed by atoms with Crippen LogP contribution in [0.25, 0.3) is 0 Å². The van der Waals surface area contributed by atoms with Crippen molar-refractivity contribution in [2.45, 2.75) is 18.7 Å². The number of hydrogen-bond acceptors (Lipinski definition) is 4. The van der Waals surface area contributed by atoms with Crippen molar-refractivity contribution in [2.75, 3.05) is 18.9 Å². The van der Waals surface area contributed by atoms with Gasteiger partial charge in [-0.05, 0) is 6.07 Å². The summed E-state index contributed by atoms with van der Waals surface area (Å²) in [7, 11) is -4.16. The minimum atomic E-state index is -4.16. The zero-order valence-electron chi connectivity index (χ0n) is 10.6. The third-order valence-electron chi connectivity index (χ3n) is 2.51. The molecule has 1 rings (SSSR count). The second-order valence-corrected chi connectivity index (χ2v) is 6.69. The maximum atomic E-state index is 13.5. The Morgan fingerprint density at radius 2 is 1.89 bits per heavy atom. The van der Waals surface area contributed by atoms with E-state index in [1.165, 1.54) is 0 Å². The van der Waals surface area contributed by atoms with Gasteiger partial charge in [0.2, 0.25) is 10.0 Å². The number of sulfonamides is 1. The van der Waals surface area contributed by atoms with Crippen molar-refractivity contribution < 1.29 is 22.3 Å². The Morgan fingerprint density at radius 1 is 1.32 bits per heavy atom. The second-order valence-electron chi connectivity index (χ2n) is 4.95. The highest BCUT2D eigenvalue weighted by Gasteiger charge is 2.25. The third-order valence-corrected chi connectivity index (χ3v) is 3.93. The van der Waals surface area contributed by atoms with Gasteiger partial charge in [-0.2, -0.15) is 0 Å². The lowest BCUT2D eigenvalue weighted by molar-refractivity contribution is 0.163. The van der Waals surface area contributed by atoms with Crippen molar-refractivity contribution in [2.24, 2.45) is 5.41 Å². The molecule has 0 saturated carbocycles. The number of anilines is 1. The lowest BCUT2D eigenvalue weighted by Crippen LogP contribution is -2.36. The van der Waals surface area contributed by atoms with Gasteiger partial charge in [0.25, 0.3) is 0 Å². The Bertz CT molecular complexity index is 574. The Hall–Kier alpha value is -1.25. The molecule has 0 fully saturated rings. The van der Waals surface area contributed by atoms with Gasteiger partial charge in [-0.15, -0.1) is 0 Å². The Balaban J connectivity index is 3.05. The van der Waals surface area contributed by atoms with E-state index in [0.717, 1.165) is 6.07 Å². The van der Waals surface area contributed by atoms with Crippen LogP contribution in [-0.4, -0.2) is 26.7 Å². The van der Waals surface area contributed by atoms with Crippen LogP contribution in [0.3, 0.4) is 0 Å². The van der Waals surface area contributed by atoms with Crippen LogP contribution >= 0.6 is 0 Å². The minimum Gasteiger partial charge on any atom is -0.396 e. The standard InChI is InChI=1S/C11H16F2N2O3S/c1-11(2,6-16)5-15-19(17,18)10-4-9(14)7(12)3-8(10)13/h3-4,15-16H,5-6,14H2,1-2H3. The van der Waals surface area contributed by atoms with E-state index < -0.39 is 37.7 Å². The van der Waals surface area contributed by atoms with Crippen LogP contribution in [0.1, 0.15) is 13.8 Å². The first-order valence-corrected chi connectivity index (χ1v) is 6.92. The predicted octanol–water partition coefficient (Wildman–Crippen LogP) is 0.844. The molecule has 0 spiro atoms. The quantitative estimate of drug-likeness (QED) is 0.702. The summed E-state index contributed by atoms with van der Waals surface area (Å²) in [5, 5.41) is 9.02. The smallest absolute Gasteiger partial charge is 0.243 e. The molecule has 8 heteroatoms. The van der Waals surface area contributed by atoms with E-state index in [1.54, 1.807) is 13.8 Å². The van der Waals surface area contributed by atoms with Crippen molar-refractivity contribution in [1.82, 2.24) is 4.72 Å². The van der Waals surface area contributed by atoms with Gasteiger partial charge in [0.05, 0.1) is 5.69 Å². The number of aliphatic hydroxyl groups is 1. The predicted molar refractivity (Wildman–Crippen MR) is 66.8 cm³/mol. The van der Waals surface area contributed by atoms with Gasteiger partial charge < -0.3 is 10.8 Å². The maximum Gasteiger partial charge on any atom is 0.243 e. The van der Waals surface area contributed by atoms with E-state index in [4.69, 9.17) is 10.8 Å².